The summed E-state index contributed by atoms with van der Waals surface area (Å²) >= 11 is 5.84. The second kappa shape index (κ2) is 6.35. The highest BCUT2D eigenvalue weighted by Gasteiger charge is 2.34. The zero-order chi connectivity index (χ0) is 19.3. The Bertz CT molecular complexity index is 1210. The summed E-state index contributed by atoms with van der Waals surface area (Å²) in [6, 6.07) is 9.18. The summed E-state index contributed by atoms with van der Waals surface area (Å²) in [4.78, 5) is 21.4. The first-order chi connectivity index (χ1) is 13.6. The number of hydrogen-bond donors (Lipinski definition) is 1. The van der Waals surface area contributed by atoms with Gasteiger partial charge in [0.1, 0.15) is 5.82 Å². The molecule has 4 heterocycles. The van der Waals surface area contributed by atoms with Crippen molar-refractivity contribution in [1.29, 1.82) is 0 Å². The largest absolute Gasteiger partial charge is 0.310 e. The molecule has 1 atom stereocenters. The maximum Gasteiger partial charge on any atom is 0.226 e. The molecule has 8 nitrogen and oxygen atoms in total. The molecule has 28 heavy (non-hydrogen) atoms. The topological polar surface area (TPSA) is 98.5 Å². The van der Waals surface area contributed by atoms with Crippen molar-refractivity contribution in [2.75, 3.05) is 5.32 Å². The normalized spacial score (nSPS) is 16.1. The standard InChI is InChI=1S/C19H14ClN7O/c1-10-17-12(11-3-2-4-13-18(11)22-8-7-21-13)9-16(28)23-19(17)27(26-10)15-6-5-14(20)24-25-15/h2-8,12H,9H2,1H3,(H,23,28)/t12-/m1/s1. The van der Waals surface area contributed by atoms with Crippen LogP contribution in [0.25, 0.3) is 16.9 Å². The average Bonchev–Trinajstić information content (AvgIpc) is 3.04. The van der Waals surface area contributed by atoms with Gasteiger partial charge in [0.2, 0.25) is 5.91 Å². The van der Waals surface area contributed by atoms with Crippen LogP contribution in [-0.4, -0.2) is 35.9 Å². The van der Waals surface area contributed by atoms with Crippen LogP contribution >= 0.6 is 11.6 Å². The molecule has 0 saturated heterocycles. The summed E-state index contributed by atoms with van der Waals surface area (Å²) in [5.74, 6) is 0.795. The Labute approximate surface area is 164 Å². The number of amides is 1. The van der Waals surface area contributed by atoms with Crippen LogP contribution in [0.2, 0.25) is 5.15 Å². The Kier molecular flexibility index (Phi) is 3.80. The molecule has 3 aromatic heterocycles. The van der Waals surface area contributed by atoms with Gasteiger partial charge in [-0.25, -0.2) is 0 Å². The Morgan fingerprint density at radius 2 is 2.00 bits per heavy atom. The fraction of sp³-hybridized carbons (Fsp3) is 0.158. The Balaban J connectivity index is 1.72. The molecule has 0 fully saturated rings. The number of hydrogen-bond acceptors (Lipinski definition) is 6. The number of carbonyl (C=O) groups is 1. The fourth-order valence-corrected chi connectivity index (χ4v) is 3.80. The van der Waals surface area contributed by atoms with Crippen molar-refractivity contribution in [1.82, 2.24) is 29.9 Å². The lowest BCUT2D eigenvalue weighted by atomic mass is 9.85. The van der Waals surface area contributed by atoms with Gasteiger partial charge in [-0.1, -0.05) is 23.7 Å². The number of nitrogens with one attached hydrogen (secondary N) is 1. The van der Waals surface area contributed by atoms with Crippen LogP contribution in [0.1, 0.15) is 29.2 Å². The third kappa shape index (κ3) is 2.61. The van der Waals surface area contributed by atoms with E-state index in [0.29, 0.717) is 18.1 Å². The van der Waals surface area contributed by atoms with Gasteiger partial charge in [0.15, 0.2) is 11.0 Å². The third-order valence-electron chi connectivity index (χ3n) is 4.84. The molecule has 0 spiro atoms. The molecule has 0 radical (unpaired) electrons. The molecular weight excluding hydrogens is 378 g/mol. The van der Waals surface area contributed by atoms with Crippen LogP contribution in [-0.2, 0) is 4.79 Å². The lowest BCUT2D eigenvalue weighted by Crippen LogP contribution is -2.25. The molecule has 1 aliphatic rings. The van der Waals surface area contributed by atoms with E-state index in [2.05, 4.69) is 30.6 Å². The van der Waals surface area contributed by atoms with Gasteiger partial charge in [-0.15, -0.1) is 10.2 Å². The molecule has 1 amide bonds. The maximum atomic E-state index is 12.5. The minimum Gasteiger partial charge on any atom is -0.310 e. The van der Waals surface area contributed by atoms with Crippen LogP contribution in [0.15, 0.2) is 42.7 Å². The average molecular weight is 392 g/mol. The van der Waals surface area contributed by atoms with Gasteiger partial charge < -0.3 is 5.32 Å². The monoisotopic (exact) mass is 391 g/mol. The van der Waals surface area contributed by atoms with Gasteiger partial charge in [0, 0.05) is 30.3 Å². The summed E-state index contributed by atoms with van der Waals surface area (Å²) in [5, 5.41) is 15.8. The summed E-state index contributed by atoms with van der Waals surface area (Å²) < 4.78 is 1.59. The van der Waals surface area contributed by atoms with Crippen molar-refractivity contribution in [3.63, 3.8) is 0 Å². The molecule has 0 saturated carbocycles. The van der Waals surface area contributed by atoms with Crippen molar-refractivity contribution in [3.05, 3.63) is 64.7 Å². The number of carbonyl (C=O) groups excluding carboxylic acids is 1. The van der Waals surface area contributed by atoms with Gasteiger partial charge in [-0.3, -0.25) is 14.8 Å². The number of rotatable bonds is 2. The molecule has 1 aliphatic heterocycles. The van der Waals surface area contributed by atoms with Crippen LogP contribution in [0.4, 0.5) is 5.82 Å². The van der Waals surface area contributed by atoms with E-state index in [1.807, 2.05) is 25.1 Å². The van der Waals surface area contributed by atoms with Crippen molar-refractivity contribution in [2.45, 2.75) is 19.3 Å². The number of aryl methyl sites for hydroxylation is 1. The van der Waals surface area contributed by atoms with Gasteiger partial charge in [0.25, 0.3) is 0 Å². The lowest BCUT2D eigenvalue weighted by molar-refractivity contribution is -0.116. The smallest absolute Gasteiger partial charge is 0.226 e. The Morgan fingerprint density at radius 3 is 2.82 bits per heavy atom. The highest BCUT2D eigenvalue weighted by atomic mass is 35.5. The van der Waals surface area contributed by atoms with Gasteiger partial charge in [0.05, 0.1) is 16.7 Å². The van der Waals surface area contributed by atoms with Crippen LogP contribution in [0.3, 0.4) is 0 Å². The van der Waals surface area contributed by atoms with Crippen molar-refractivity contribution >= 4 is 34.4 Å². The van der Waals surface area contributed by atoms with E-state index >= 15 is 0 Å². The van der Waals surface area contributed by atoms with E-state index in [1.165, 1.54) is 0 Å². The van der Waals surface area contributed by atoms with Gasteiger partial charge in [-0.05, 0) is 30.7 Å². The molecule has 0 unspecified atom stereocenters. The van der Waals surface area contributed by atoms with E-state index < -0.39 is 0 Å². The molecular formula is C19H14ClN7O. The predicted molar refractivity (Wildman–Crippen MR) is 104 cm³/mol. The predicted octanol–water partition coefficient (Wildman–Crippen LogP) is 3.04. The zero-order valence-electron chi connectivity index (χ0n) is 14.8. The second-order valence-electron chi connectivity index (χ2n) is 6.55. The molecule has 1 N–H and O–H groups in total. The van der Waals surface area contributed by atoms with Crippen LogP contribution < -0.4 is 5.32 Å². The van der Waals surface area contributed by atoms with Gasteiger partial charge in [-0.2, -0.15) is 9.78 Å². The first-order valence-electron chi connectivity index (χ1n) is 8.70. The van der Waals surface area contributed by atoms with Crippen molar-refractivity contribution < 1.29 is 4.79 Å². The molecule has 5 rings (SSSR count). The zero-order valence-corrected chi connectivity index (χ0v) is 15.6. The van der Waals surface area contributed by atoms with Crippen molar-refractivity contribution in [2.24, 2.45) is 0 Å². The van der Waals surface area contributed by atoms with E-state index in [9.17, 15) is 4.79 Å². The highest BCUT2D eigenvalue weighted by molar-refractivity contribution is 6.29. The highest BCUT2D eigenvalue weighted by Crippen LogP contribution is 2.41. The molecule has 138 valence electrons. The number of aromatic nitrogens is 6. The molecule has 4 aromatic rings. The van der Waals surface area contributed by atoms with E-state index in [4.69, 9.17) is 11.6 Å². The van der Waals surface area contributed by atoms with Crippen molar-refractivity contribution in [3.8, 4) is 5.82 Å². The molecule has 1 aromatic carbocycles. The number of para-hydroxylation sites is 1. The third-order valence-corrected chi connectivity index (χ3v) is 5.04. The second-order valence-corrected chi connectivity index (χ2v) is 6.94. The molecule has 0 aliphatic carbocycles. The van der Waals surface area contributed by atoms with E-state index in [0.717, 1.165) is 27.9 Å². The van der Waals surface area contributed by atoms with E-state index in [-0.39, 0.29) is 17.0 Å². The van der Waals surface area contributed by atoms with E-state index in [1.54, 1.807) is 29.2 Å². The molecule has 0 bridgehead atoms. The number of anilines is 1. The number of benzene rings is 1. The first-order valence-corrected chi connectivity index (χ1v) is 9.08. The summed E-state index contributed by atoms with van der Waals surface area (Å²) in [5.41, 5.74) is 4.27. The minimum atomic E-state index is -0.182. The number of nitrogens with zero attached hydrogens (tertiary/aromatic N) is 6. The Hall–Kier alpha value is -3.39. The van der Waals surface area contributed by atoms with Crippen LogP contribution in [0, 0.1) is 6.92 Å². The number of halogens is 1. The Morgan fingerprint density at radius 1 is 1.14 bits per heavy atom. The lowest BCUT2D eigenvalue weighted by Gasteiger charge is -2.24. The quantitative estimate of drug-likeness (QED) is 0.564. The SMILES string of the molecule is Cc1nn(-c2ccc(Cl)nn2)c2c1[C@@H](c1cccc3nccnc13)CC(=O)N2. The summed E-state index contributed by atoms with van der Waals surface area (Å²) in [6.45, 7) is 1.92. The summed E-state index contributed by atoms with van der Waals surface area (Å²) in [7, 11) is 0. The molecule has 9 heteroatoms. The maximum absolute atomic E-state index is 12.5. The first kappa shape index (κ1) is 16.8. The summed E-state index contributed by atoms with van der Waals surface area (Å²) in [6.07, 6.45) is 3.63. The number of fused-ring (bicyclic) bond motifs is 2. The van der Waals surface area contributed by atoms with Crippen LogP contribution in [0.5, 0.6) is 0 Å². The van der Waals surface area contributed by atoms with Gasteiger partial charge >= 0.3 is 0 Å². The fourth-order valence-electron chi connectivity index (χ4n) is 3.70. The minimum absolute atomic E-state index is 0.0959.